The summed E-state index contributed by atoms with van der Waals surface area (Å²) >= 11 is 0. The number of hydrogen-bond acceptors (Lipinski definition) is 3. The molecule has 1 fully saturated rings. The van der Waals surface area contributed by atoms with Gasteiger partial charge in [-0.3, -0.25) is 4.79 Å². The van der Waals surface area contributed by atoms with Gasteiger partial charge < -0.3 is 14.9 Å². The molecule has 1 aliphatic carbocycles. The molecule has 1 saturated carbocycles. The van der Waals surface area contributed by atoms with Gasteiger partial charge in [0.25, 0.3) is 0 Å². The molecule has 2 N–H and O–H groups in total. The van der Waals surface area contributed by atoms with Crippen LogP contribution in [0.3, 0.4) is 0 Å². The zero-order valence-corrected chi connectivity index (χ0v) is 12.6. The first kappa shape index (κ1) is 16.4. The van der Waals surface area contributed by atoms with E-state index >= 15 is 0 Å². The van der Waals surface area contributed by atoms with Crippen LogP contribution in [0.1, 0.15) is 59.8 Å². The van der Waals surface area contributed by atoms with Crippen LogP contribution in [-0.4, -0.2) is 35.0 Å². The van der Waals surface area contributed by atoms with Gasteiger partial charge >= 0.3 is 5.97 Å². The predicted octanol–water partition coefficient (Wildman–Crippen LogP) is 2.83. The molecule has 0 aromatic heterocycles. The van der Waals surface area contributed by atoms with E-state index in [9.17, 15) is 15.0 Å². The quantitative estimate of drug-likeness (QED) is 0.780. The van der Waals surface area contributed by atoms with E-state index in [1.165, 1.54) is 0 Å². The number of aliphatic hydroxyl groups excluding tert-OH is 1. The average Bonchev–Trinajstić information content (AvgIpc) is 2.29. The van der Waals surface area contributed by atoms with Crippen molar-refractivity contribution < 1.29 is 19.7 Å². The van der Waals surface area contributed by atoms with Crippen LogP contribution in [0.5, 0.6) is 0 Å². The first-order chi connectivity index (χ1) is 8.67. The summed E-state index contributed by atoms with van der Waals surface area (Å²) in [4.78, 5) is 11.6. The van der Waals surface area contributed by atoms with E-state index < -0.39 is 17.5 Å². The highest BCUT2D eigenvalue weighted by molar-refractivity contribution is 5.74. The fourth-order valence-corrected chi connectivity index (χ4v) is 2.72. The van der Waals surface area contributed by atoms with Crippen molar-refractivity contribution in [2.75, 3.05) is 6.61 Å². The lowest BCUT2D eigenvalue weighted by molar-refractivity contribution is -0.156. The third kappa shape index (κ3) is 4.77. The minimum absolute atomic E-state index is 0.0562. The topological polar surface area (TPSA) is 66.8 Å². The van der Waals surface area contributed by atoms with Crippen LogP contribution in [0.4, 0.5) is 0 Å². The molecule has 1 aliphatic rings. The molecule has 19 heavy (non-hydrogen) atoms. The molecule has 0 bridgehead atoms. The molecule has 4 nitrogen and oxygen atoms in total. The lowest BCUT2D eigenvalue weighted by Crippen LogP contribution is -2.41. The standard InChI is InChI=1S/C15H28O4/c1-11(2)19-10-12(16)9-15(13(17)18)7-5-14(3,4)6-8-15/h11-12,16H,5-10H2,1-4H3,(H,17,18). The normalized spacial score (nSPS) is 23.3. The highest BCUT2D eigenvalue weighted by Crippen LogP contribution is 2.47. The Hall–Kier alpha value is -0.610. The Balaban J connectivity index is 2.61. The second-order valence-electron chi connectivity index (χ2n) is 6.99. The molecule has 4 heteroatoms. The Kier molecular flexibility index (Phi) is 5.39. The molecule has 0 aliphatic heterocycles. The van der Waals surface area contributed by atoms with Gasteiger partial charge in [-0.25, -0.2) is 0 Å². The zero-order chi connectivity index (χ0) is 14.7. The van der Waals surface area contributed by atoms with Gasteiger partial charge in [0, 0.05) is 0 Å². The first-order valence-electron chi connectivity index (χ1n) is 7.20. The van der Waals surface area contributed by atoms with Crippen LogP contribution in [0, 0.1) is 10.8 Å². The molecular weight excluding hydrogens is 244 g/mol. The molecule has 0 aromatic rings. The molecule has 0 saturated heterocycles. The molecule has 0 aromatic carbocycles. The number of carbonyl (C=O) groups is 1. The van der Waals surface area contributed by atoms with Gasteiger partial charge in [-0.05, 0) is 51.4 Å². The maximum Gasteiger partial charge on any atom is 0.309 e. The summed E-state index contributed by atoms with van der Waals surface area (Å²) in [6.07, 6.45) is 2.75. The lowest BCUT2D eigenvalue weighted by Gasteiger charge is -2.41. The van der Waals surface area contributed by atoms with E-state index in [1.807, 2.05) is 13.8 Å². The summed E-state index contributed by atoms with van der Waals surface area (Å²) < 4.78 is 5.37. The third-order valence-corrected chi connectivity index (χ3v) is 4.26. The van der Waals surface area contributed by atoms with Gasteiger partial charge in [-0.15, -0.1) is 0 Å². The van der Waals surface area contributed by atoms with Crippen molar-refractivity contribution in [1.82, 2.24) is 0 Å². The minimum atomic E-state index is -0.772. The zero-order valence-electron chi connectivity index (χ0n) is 12.6. The van der Waals surface area contributed by atoms with Gasteiger partial charge in [-0.2, -0.15) is 0 Å². The van der Waals surface area contributed by atoms with Crippen molar-refractivity contribution in [3.63, 3.8) is 0 Å². The smallest absolute Gasteiger partial charge is 0.309 e. The van der Waals surface area contributed by atoms with E-state index in [0.29, 0.717) is 19.3 Å². The molecule has 1 atom stereocenters. The van der Waals surface area contributed by atoms with E-state index in [0.717, 1.165) is 12.8 Å². The second-order valence-corrected chi connectivity index (χ2v) is 6.99. The molecule has 112 valence electrons. The highest BCUT2D eigenvalue weighted by Gasteiger charge is 2.45. The van der Waals surface area contributed by atoms with Crippen LogP contribution >= 0.6 is 0 Å². The van der Waals surface area contributed by atoms with Crippen molar-refractivity contribution in [1.29, 1.82) is 0 Å². The van der Waals surface area contributed by atoms with Gasteiger partial charge in [0.15, 0.2) is 0 Å². The van der Waals surface area contributed by atoms with Gasteiger partial charge in [0.2, 0.25) is 0 Å². The van der Waals surface area contributed by atoms with Crippen LogP contribution in [0.25, 0.3) is 0 Å². The summed E-state index contributed by atoms with van der Waals surface area (Å²) in [7, 11) is 0. The number of aliphatic hydroxyl groups is 1. The van der Waals surface area contributed by atoms with Crippen LogP contribution in [-0.2, 0) is 9.53 Å². The van der Waals surface area contributed by atoms with E-state index in [1.54, 1.807) is 0 Å². The van der Waals surface area contributed by atoms with Crippen molar-refractivity contribution in [3.05, 3.63) is 0 Å². The monoisotopic (exact) mass is 272 g/mol. The molecule has 1 unspecified atom stereocenters. The molecule has 0 amide bonds. The second kappa shape index (κ2) is 6.23. The highest BCUT2D eigenvalue weighted by atomic mass is 16.5. The van der Waals surface area contributed by atoms with E-state index in [-0.39, 0.29) is 18.1 Å². The van der Waals surface area contributed by atoms with Crippen molar-refractivity contribution in [3.8, 4) is 0 Å². The molecule has 0 heterocycles. The van der Waals surface area contributed by atoms with Gasteiger partial charge in [0.1, 0.15) is 0 Å². The van der Waals surface area contributed by atoms with E-state index in [2.05, 4.69) is 13.8 Å². The van der Waals surface area contributed by atoms with Crippen molar-refractivity contribution in [2.24, 2.45) is 10.8 Å². The van der Waals surface area contributed by atoms with E-state index in [4.69, 9.17) is 4.74 Å². The minimum Gasteiger partial charge on any atom is -0.481 e. The summed E-state index contributed by atoms with van der Waals surface area (Å²) in [5, 5.41) is 19.5. The SMILES string of the molecule is CC(C)OCC(O)CC1(C(=O)O)CCC(C)(C)CC1. The Bertz CT molecular complexity index is 299. The fraction of sp³-hybridized carbons (Fsp3) is 0.933. The molecule has 0 spiro atoms. The lowest BCUT2D eigenvalue weighted by atomic mass is 9.63. The van der Waals surface area contributed by atoms with Crippen molar-refractivity contribution in [2.45, 2.75) is 72.0 Å². The number of aliphatic carboxylic acids is 1. The van der Waals surface area contributed by atoms with Crippen molar-refractivity contribution >= 4 is 5.97 Å². The number of carboxylic acids is 1. The Morgan fingerprint density at radius 2 is 1.74 bits per heavy atom. The summed E-state index contributed by atoms with van der Waals surface area (Å²) in [5.41, 5.74) is -0.548. The number of rotatable bonds is 6. The van der Waals surface area contributed by atoms with Gasteiger partial charge in [0.05, 0.1) is 24.2 Å². The van der Waals surface area contributed by atoms with Crippen LogP contribution in [0.2, 0.25) is 0 Å². The maximum atomic E-state index is 11.6. The summed E-state index contributed by atoms with van der Waals surface area (Å²) in [6, 6.07) is 0. The number of carboxylic acid groups (broad SMARTS) is 1. The largest absolute Gasteiger partial charge is 0.481 e. The van der Waals surface area contributed by atoms with Crippen LogP contribution in [0.15, 0.2) is 0 Å². The summed E-state index contributed by atoms with van der Waals surface area (Å²) in [5.74, 6) is -0.772. The summed E-state index contributed by atoms with van der Waals surface area (Å²) in [6.45, 7) is 8.38. The Morgan fingerprint density at radius 3 is 2.16 bits per heavy atom. The molecule has 1 rings (SSSR count). The fourth-order valence-electron chi connectivity index (χ4n) is 2.72. The number of hydrogen-bond donors (Lipinski definition) is 2. The number of ether oxygens (including phenoxy) is 1. The maximum absolute atomic E-state index is 11.6. The van der Waals surface area contributed by atoms with Gasteiger partial charge in [-0.1, -0.05) is 13.8 Å². The Morgan fingerprint density at radius 1 is 1.21 bits per heavy atom. The molecular formula is C15H28O4. The predicted molar refractivity (Wildman–Crippen MR) is 74.0 cm³/mol. The average molecular weight is 272 g/mol. The van der Waals surface area contributed by atoms with Crippen LogP contribution < -0.4 is 0 Å². The first-order valence-corrected chi connectivity index (χ1v) is 7.20. The Labute approximate surface area is 116 Å². The molecule has 0 radical (unpaired) electrons. The third-order valence-electron chi connectivity index (χ3n) is 4.26.